The summed E-state index contributed by atoms with van der Waals surface area (Å²) in [5.74, 6) is 0.824. The average molecular weight is 265 g/mol. The molecule has 0 spiro atoms. The summed E-state index contributed by atoms with van der Waals surface area (Å²) in [6.07, 6.45) is 2.78. The predicted octanol–water partition coefficient (Wildman–Crippen LogP) is 3.67. The second kappa shape index (κ2) is 4.85. The van der Waals surface area contributed by atoms with Crippen molar-refractivity contribution in [3.05, 3.63) is 54.2 Å². The van der Waals surface area contributed by atoms with Gasteiger partial charge < -0.3 is 9.30 Å². The first-order chi connectivity index (χ1) is 9.74. The third-order valence-electron chi connectivity index (χ3n) is 3.57. The van der Waals surface area contributed by atoms with Gasteiger partial charge in [0.1, 0.15) is 5.75 Å². The number of aromatic nitrogens is 1. The molecule has 0 atom stereocenters. The summed E-state index contributed by atoms with van der Waals surface area (Å²) < 4.78 is 7.16. The molecule has 20 heavy (non-hydrogen) atoms. The molecule has 0 aliphatic carbocycles. The minimum atomic E-state index is 0.717. The van der Waals surface area contributed by atoms with Gasteiger partial charge in [-0.3, -0.25) is 4.79 Å². The van der Waals surface area contributed by atoms with Crippen LogP contribution in [0.5, 0.6) is 5.75 Å². The second-order valence-corrected chi connectivity index (χ2v) is 4.74. The lowest BCUT2D eigenvalue weighted by molar-refractivity contribution is 0.112. The van der Waals surface area contributed by atoms with Crippen LogP contribution >= 0.6 is 0 Å². The van der Waals surface area contributed by atoms with E-state index in [0.717, 1.165) is 34.1 Å². The van der Waals surface area contributed by atoms with E-state index in [9.17, 15) is 4.79 Å². The van der Waals surface area contributed by atoms with Crippen molar-refractivity contribution in [2.75, 3.05) is 7.11 Å². The molecule has 0 aliphatic heterocycles. The van der Waals surface area contributed by atoms with E-state index in [4.69, 9.17) is 4.74 Å². The van der Waals surface area contributed by atoms with Crippen LogP contribution in [0.4, 0.5) is 0 Å². The minimum Gasteiger partial charge on any atom is -0.497 e. The number of fused-ring (bicyclic) bond motifs is 1. The van der Waals surface area contributed by atoms with E-state index in [2.05, 4.69) is 0 Å². The number of hydrogen-bond donors (Lipinski definition) is 0. The lowest BCUT2D eigenvalue weighted by Gasteiger charge is -2.06. The lowest BCUT2D eigenvalue weighted by atomic mass is 9.99. The molecule has 0 unspecified atom stereocenters. The normalized spacial score (nSPS) is 10.7. The lowest BCUT2D eigenvalue weighted by Crippen LogP contribution is -1.86. The van der Waals surface area contributed by atoms with Crippen LogP contribution in [0, 0.1) is 0 Å². The van der Waals surface area contributed by atoms with Crippen molar-refractivity contribution in [1.29, 1.82) is 0 Å². The van der Waals surface area contributed by atoms with E-state index < -0.39 is 0 Å². The summed E-state index contributed by atoms with van der Waals surface area (Å²) in [7, 11) is 3.60. The number of benzene rings is 2. The van der Waals surface area contributed by atoms with Gasteiger partial charge in [-0.2, -0.15) is 0 Å². The summed E-state index contributed by atoms with van der Waals surface area (Å²) in [5, 5.41) is 0.996. The SMILES string of the molecule is COc1ccc(-c2cccc3c2c(C=O)cn3C)cc1. The summed E-state index contributed by atoms with van der Waals surface area (Å²) in [5.41, 5.74) is 3.91. The highest BCUT2D eigenvalue weighted by Crippen LogP contribution is 2.32. The molecule has 100 valence electrons. The van der Waals surface area contributed by atoms with Crippen molar-refractivity contribution in [1.82, 2.24) is 4.57 Å². The molecule has 3 rings (SSSR count). The first-order valence-corrected chi connectivity index (χ1v) is 6.42. The fourth-order valence-corrected chi connectivity index (χ4v) is 2.58. The van der Waals surface area contributed by atoms with E-state index in [0.29, 0.717) is 5.56 Å². The van der Waals surface area contributed by atoms with Crippen LogP contribution in [0.25, 0.3) is 22.0 Å². The molecule has 3 heteroatoms. The van der Waals surface area contributed by atoms with E-state index in [-0.39, 0.29) is 0 Å². The van der Waals surface area contributed by atoms with E-state index in [1.54, 1.807) is 7.11 Å². The van der Waals surface area contributed by atoms with Crippen molar-refractivity contribution >= 4 is 17.2 Å². The Labute approximate surface area is 117 Å². The molecule has 0 amide bonds. The van der Waals surface area contributed by atoms with Crippen LogP contribution in [-0.2, 0) is 7.05 Å². The van der Waals surface area contributed by atoms with Crippen molar-refractivity contribution in [2.45, 2.75) is 0 Å². The zero-order valence-electron chi connectivity index (χ0n) is 11.5. The highest BCUT2D eigenvalue weighted by molar-refractivity contribution is 6.06. The van der Waals surface area contributed by atoms with Gasteiger partial charge in [0.05, 0.1) is 7.11 Å². The first kappa shape index (κ1) is 12.5. The van der Waals surface area contributed by atoms with E-state index >= 15 is 0 Å². The summed E-state index contributed by atoms with van der Waals surface area (Å²) in [6, 6.07) is 13.9. The van der Waals surface area contributed by atoms with Gasteiger partial charge in [0.25, 0.3) is 0 Å². The Hall–Kier alpha value is -2.55. The van der Waals surface area contributed by atoms with E-state index in [1.807, 2.05) is 60.3 Å². The fourth-order valence-electron chi connectivity index (χ4n) is 2.58. The Morgan fingerprint density at radius 2 is 1.85 bits per heavy atom. The topological polar surface area (TPSA) is 31.2 Å². The van der Waals surface area contributed by atoms with Gasteiger partial charge >= 0.3 is 0 Å². The maximum atomic E-state index is 11.3. The summed E-state index contributed by atoms with van der Waals surface area (Å²) in [4.78, 5) is 11.3. The van der Waals surface area contributed by atoms with Crippen LogP contribution in [-0.4, -0.2) is 18.0 Å². The number of ether oxygens (including phenoxy) is 1. The molecule has 0 bridgehead atoms. The highest BCUT2D eigenvalue weighted by atomic mass is 16.5. The third-order valence-corrected chi connectivity index (χ3v) is 3.57. The van der Waals surface area contributed by atoms with Gasteiger partial charge in [-0.1, -0.05) is 24.3 Å². The quantitative estimate of drug-likeness (QED) is 0.677. The molecule has 3 aromatic rings. The number of carbonyl (C=O) groups excluding carboxylic acids is 1. The number of methoxy groups -OCH3 is 1. The van der Waals surface area contributed by atoms with Gasteiger partial charge in [-0.25, -0.2) is 0 Å². The molecule has 0 saturated carbocycles. The fraction of sp³-hybridized carbons (Fsp3) is 0.118. The number of rotatable bonds is 3. The highest BCUT2D eigenvalue weighted by Gasteiger charge is 2.11. The van der Waals surface area contributed by atoms with Gasteiger partial charge in [-0.15, -0.1) is 0 Å². The van der Waals surface area contributed by atoms with Crippen LogP contribution in [0.2, 0.25) is 0 Å². The molecule has 0 saturated heterocycles. The molecule has 3 nitrogen and oxygen atoms in total. The Bertz CT molecular complexity index is 770. The van der Waals surface area contributed by atoms with Crippen molar-refractivity contribution < 1.29 is 9.53 Å². The maximum Gasteiger partial charge on any atom is 0.152 e. The van der Waals surface area contributed by atoms with E-state index in [1.165, 1.54) is 0 Å². The monoisotopic (exact) mass is 265 g/mol. The predicted molar refractivity (Wildman–Crippen MR) is 80.3 cm³/mol. The van der Waals surface area contributed by atoms with Crippen LogP contribution < -0.4 is 4.74 Å². The van der Waals surface area contributed by atoms with Crippen molar-refractivity contribution in [3.63, 3.8) is 0 Å². The molecule has 0 N–H and O–H groups in total. The summed E-state index contributed by atoms with van der Waals surface area (Å²) >= 11 is 0. The maximum absolute atomic E-state index is 11.3. The van der Waals surface area contributed by atoms with Gasteiger partial charge in [0, 0.05) is 29.7 Å². The van der Waals surface area contributed by atoms with Crippen LogP contribution in [0.1, 0.15) is 10.4 Å². The largest absolute Gasteiger partial charge is 0.497 e. The zero-order valence-corrected chi connectivity index (χ0v) is 11.5. The Morgan fingerprint density at radius 1 is 1.10 bits per heavy atom. The molecule has 0 radical (unpaired) electrons. The molecule has 0 aliphatic rings. The van der Waals surface area contributed by atoms with Crippen molar-refractivity contribution in [3.8, 4) is 16.9 Å². The Morgan fingerprint density at radius 3 is 2.50 bits per heavy atom. The zero-order chi connectivity index (χ0) is 14.1. The van der Waals surface area contributed by atoms with Crippen LogP contribution in [0.15, 0.2) is 48.7 Å². The number of aryl methyl sites for hydroxylation is 1. The smallest absolute Gasteiger partial charge is 0.152 e. The molecular formula is C17H15NO2. The molecule has 0 fully saturated rings. The van der Waals surface area contributed by atoms with Crippen LogP contribution in [0.3, 0.4) is 0 Å². The molecule has 1 heterocycles. The van der Waals surface area contributed by atoms with Gasteiger partial charge in [-0.05, 0) is 29.3 Å². The number of hydrogen-bond acceptors (Lipinski definition) is 2. The average Bonchev–Trinajstić information content (AvgIpc) is 2.84. The Balaban J connectivity index is 2.27. The summed E-state index contributed by atoms with van der Waals surface area (Å²) in [6.45, 7) is 0. The Kier molecular flexibility index (Phi) is 3.03. The minimum absolute atomic E-state index is 0.717. The van der Waals surface area contributed by atoms with Gasteiger partial charge in [0.2, 0.25) is 0 Å². The molecule has 2 aromatic carbocycles. The van der Waals surface area contributed by atoms with Crippen molar-refractivity contribution in [2.24, 2.45) is 7.05 Å². The second-order valence-electron chi connectivity index (χ2n) is 4.74. The third kappa shape index (κ3) is 1.88. The molecule has 1 aromatic heterocycles. The first-order valence-electron chi connectivity index (χ1n) is 6.42. The van der Waals surface area contributed by atoms with Gasteiger partial charge in [0.15, 0.2) is 6.29 Å². The number of carbonyl (C=O) groups is 1. The standard InChI is InChI=1S/C17H15NO2/c1-18-10-13(11-19)17-15(4-3-5-16(17)18)12-6-8-14(20-2)9-7-12/h3-11H,1-2H3. The molecular weight excluding hydrogens is 250 g/mol. The number of nitrogens with zero attached hydrogens (tertiary/aromatic N) is 1. The number of aldehydes is 1.